The Balaban J connectivity index is 2.15. The molecule has 0 N–H and O–H groups in total. The van der Waals surface area contributed by atoms with Gasteiger partial charge in [0.2, 0.25) is 0 Å². The van der Waals surface area contributed by atoms with Crippen LogP contribution in [0.5, 0.6) is 0 Å². The zero-order chi connectivity index (χ0) is 10.4. The van der Waals surface area contributed by atoms with Crippen molar-refractivity contribution in [2.75, 3.05) is 11.9 Å². The first kappa shape index (κ1) is 12.3. The molecule has 1 heterocycles. The van der Waals surface area contributed by atoms with Crippen molar-refractivity contribution in [3.05, 3.63) is 11.1 Å². The molecule has 1 atom stereocenters. The van der Waals surface area contributed by atoms with Gasteiger partial charge < -0.3 is 4.74 Å². The van der Waals surface area contributed by atoms with Crippen LogP contribution in [-0.2, 0) is 4.74 Å². The van der Waals surface area contributed by atoms with Gasteiger partial charge in [0.15, 0.2) is 0 Å². The SMILES string of the molecule is CC1=C(C)CC(CCCCCBr)OC1. The second-order valence-electron chi connectivity index (χ2n) is 4.24. The van der Waals surface area contributed by atoms with Crippen LogP contribution in [0.15, 0.2) is 11.1 Å². The van der Waals surface area contributed by atoms with Crippen LogP contribution < -0.4 is 0 Å². The van der Waals surface area contributed by atoms with Gasteiger partial charge in [-0.05, 0) is 38.7 Å². The summed E-state index contributed by atoms with van der Waals surface area (Å²) in [6.45, 7) is 5.27. The Bertz CT molecular complexity index is 198. The van der Waals surface area contributed by atoms with Gasteiger partial charge in [0.25, 0.3) is 0 Å². The summed E-state index contributed by atoms with van der Waals surface area (Å²) in [6, 6.07) is 0. The minimum Gasteiger partial charge on any atom is -0.374 e. The van der Waals surface area contributed by atoms with Crippen molar-refractivity contribution < 1.29 is 4.74 Å². The van der Waals surface area contributed by atoms with Crippen LogP contribution in [0.2, 0.25) is 0 Å². The van der Waals surface area contributed by atoms with Gasteiger partial charge in [-0.15, -0.1) is 0 Å². The topological polar surface area (TPSA) is 9.23 Å². The highest BCUT2D eigenvalue weighted by Gasteiger charge is 2.16. The number of hydrogen-bond acceptors (Lipinski definition) is 1. The fourth-order valence-electron chi connectivity index (χ4n) is 1.77. The first-order valence-electron chi connectivity index (χ1n) is 5.57. The average molecular weight is 261 g/mol. The molecule has 1 aliphatic heterocycles. The van der Waals surface area contributed by atoms with Gasteiger partial charge >= 0.3 is 0 Å². The third-order valence-corrected chi connectivity index (χ3v) is 3.52. The maximum atomic E-state index is 5.77. The van der Waals surface area contributed by atoms with Crippen molar-refractivity contribution in [1.82, 2.24) is 0 Å². The number of hydrogen-bond donors (Lipinski definition) is 0. The monoisotopic (exact) mass is 260 g/mol. The highest BCUT2D eigenvalue weighted by Crippen LogP contribution is 2.23. The van der Waals surface area contributed by atoms with E-state index in [9.17, 15) is 0 Å². The summed E-state index contributed by atoms with van der Waals surface area (Å²) in [7, 11) is 0. The van der Waals surface area contributed by atoms with Crippen LogP contribution in [0.25, 0.3) is 0 Å². The van der Waals surface area contributed by atoms with Crippen LogP contribution in [0.3, 0.4) is 0 Å². The molecule has 1 rings (SSSR count). The lowest BCUT2D eigenvalue weighted by molar-refractivity contribution is 0.0505. The maximum absolute atomic E-state index is 5.77. The quantitative estimate of drug-likeness (QED) is 0.412. The standard InChI is InChI=1S/C12H21BrO/c1-10-8-12(14-9-11(10)2)6-4-3-5-7-13/h12H,3-9H2,1-2H3. The van der Waals surface area contributed by atoms with E-state index in [2.05, 4.69) is 29.8 Å². The summed E-state index contributed by atoms with van der Waals surface area (Å²) in [5.74, 6) is 0. The molecule has 1 unspecified atom stereocenters. The van der Waals surface area contributed by atoms with Crippen molar-refractivity contribution in [1.29, 1.82) is 0 Å². The Hall–Kier alpha value is 0.180. The van der Waals surface area contributed by atoms with E-state index in [0.29, 0.717) is 6.10 Å². The third kappa shape index (κ3) is 4.14. The van der Waals surface area contributed by atoms with Gasteiger partial charge in [-0.1, -0.05) is 34.3 Å². The molecule has 0 saturated heterocycles. The first-order chi connectivity index (χ1) is 6.74. The Morgan fingerprint density at radius 1 is 1.21 bits per heavy atom. The predicted molar refractivity (Wildman–Crippen MR) is 65.0 cm³/mol. The Morgan fingerprint density at radius 2 is 2.00 bits per heavy atom. The molecule has 1 aliphatic rings. The van der Waals surface area contributed by atoms with Crippen molar-refractivity contribution >= 4 is 15.9 Å². The van der Waals surface area contributed by atoms with Crippen LogP contribution in [0.1, 0.15) is 46.0 Å². The molecule has 14 heavy (non-hydrogen) atoms. The van der Waals surface area contributed by atoms with Gasteiger partial charge in [0.1, 0.15) is 0 Å². The van der Waals surface area contributed by atoms with Crippen molar-refractivity contribution in [3.63, 3.8) is 0 Å². The summed E-state index contributed by atoms with van der Waals surface area (Å²) in [6.07, 6.45) is 6.81. The van der Waals surface area contributed by atoms with Crippen molar-refractivity contribution in [3.8, 4) is 0 Å². The lowest BCUT2D eigenvalue weighted by Gasteiger charge is -2.24. The van der Waals surface area contributed by atoms with Crippen molar-refractivity contribution in [2.24, 2.45) is 0 Å². The van der Waals surface area contributed by atoms with E-state index < -0.39 is 0 Å². The maximum Gasteiger partial charge on any atom is 0.0680 e. The van der Waals surface area contributed by atoms with E-state index in [1.807, 2.05) is 0 Å². The van der Waals surface area contributed by atoms with Crippen LogP contribution >= 0.6 is 15.9 Å². The summed E-state index contributed by atoms with van der Waals surface area (Å²) in [5, 5.41) is 1.14. The highest BCUT2D eigenvalue weighted by molar-refractivity contribution is 9.09. The molecule has 0 saturated carbocycles. The fraction of sp³-hybridized carbons (Fsp3) is 0.833. The molecular weight excluding hydrogens is 240 g/mol. The van der Waals surface area contributed by atoms with Gasteiger partial charge in [-0.25, -0.2) is 0 Å². The minimum atomic E-state index is 0.494. The second-order valence-corrected chi connectivity index (χ2v) is 5.03. The molecule has 0 spiro atoms. The van der Waals surface area contributed by atoms with E-state index in [4.69, 9.17) is 4.74 Å². The molecule has 0 radical (unpaired) electrons. The number of halogens is 1. The number of ether oxygens (including phenoxy) is 1. The number of unbranched alkanes of at least 4 members (excludes halogenated alkanes) is 2. The predicted octanol–water partition coefficient (Wildman–Crippen LogP) is 4.07. The van der Waals surface area contributed by atoms with E-state index >= 15 is 0 Å². The molecule has 2 heteroatoms. The fourth-order valence-corrected chi connectivity index (χ4v) is 2.17. The summed E-state index contributed by atoms with van der Waals surface area (Å²) in [4.78, 5) is 0. The van der Waals surface area contributed by atoms with Gasteiger partial charge in [-0.2, -0.15) is 0 Å². The van der Waals surface area contributed by atoms with Gasteiger partial charge in [0, 0.05) is 5.33 Å². The molecule has 0 fully saturated rings. The van der Waals surface area contributed by atoms with Gasteiger partial charge in [0.05, 0.1) is 12.7 Å². The first-order valence-corrected chi connectivity index (χ1v) is 6.69. The lowest BCUT2D eigenvalue weighted by atomic mass is 9.98. The van der Waals surface area contributed by atoms with Crippen LogP contribution in [0, 0.1) is 0 Å². The Morgan fingerprint density at radius 3 is 2.64 bits per heavy atom. The van der Waals surface area contributed by atoms with Crippen LogP contribution in [0.4, 0.5) is 0 Å². The molecule has 0 aromatic heterocycles. The second kappa shape index (κ2) is 6.62. The summed E-state index contributed by atoms with van der Waals surface area (Å²) < 4.78 is 5.77. The van der Waals surface area contributed by atoms with E-state index in [1.165, 1.54) is 31.3 Å². The molecule has 0 bridgehead atoms. The lowest BCUT2D eigenvalue weighted by Crippen LogP contribution is -2.20. The Kier molecular flexibility index (Phi) is 5.80. The molecule has 82 valence electrons. The van der Waals surface area contributed by atoms with Gasteiger partial charge in [-0.3, -0.25) is 0 Å². The zero-order valence-corrected chi connectivity index (χ0v) is 10.9. The molecule has 0 aromatic rings. The number of alkyl halides is 1. The highest BCUT2D eigenvalue weighted by atomic mass is 79.9. The normalized spacial score (nSPS) is 22.9. The van der Waals surface area contributed by atoms with Crippen molar-refractivity contribution in [2.45, 2.75) is 52.1 Å². The van der Waals surface area contributed by atoms with E-state index in [1.54, 1.807) is 5.57 Å². The smallest absolute Gasteiger partial charge is 0.0680 e. The molecule has 1 nitrogen and oxygen atoms in total. The van der Waals surface area contributed by atoms with Crippen LogP contribution in [-0.4, -0.2) is 18.0 Å². The average Bonchev–Trinajstić information content (AvgIpc) is 2.18. The number of rotatable bonds is 5. The zero-order valence-electron chi connectivity index (χ0n) is 9.31. The third-order valence-electron chi connectivity index (χ3n) is 2.96. The minimum absolute atomic E-state index is 0.494. The summed E-state index contributed by atoms with van der Waals surface area (Å²) >= 11 is 3.45. The molecule has 0 aliphatic carbocycles. The molecule has 0 aromatic carbocycles. The molecular formula is C12H21BrO. The summed E-state index contributed by atoms with van der Waals surface area (Å²) in [5.41, 5.74) is 2.98. The van der Waals surface area contributed by atoms with E-state index in [0.717, 1.165) is 18.4 Å². The molecule has 0 amide bonds. The Labute approximate surface area is 96.0 Å². The van der Waals surface area contributed by atoms with E-state index in [-0.39, 0.29) is 0 Å². The largest absolute Gasteiger partial charge is 0.374 e.